The van der Waals surface area contributed by atoms with Crippen molar-refractivity contribution in [2.45, 2.75) is 6.18 Å². The van der Waals surface area contributed by atoms with Crippen molar-refractivity contribution in [1.82, 2.24) is 4.98 Å². The van der Waals surface area contributed by atoms with Crippen LogP contribution in [0.25, 0.3) is 6.08 Å². The fourth-order valence-electron chi connectivity index (χ4n) is 1.73. The van der Waals surface area contributed by atoms with Gasteiger partial charge >= 0.3 is 6.18 Å². The van der Waals surface area contributed by atoms with Gasteiger partial charge in [-0.3, -0.25) is 9.78 Å². The summed E-state index contributed by atoms with van der Waals surface area (Å²) >= 11 is 11.5. The van der Waals surface area contributed by atoms with Gasteiger partial charge in [0.05, 0.1) is 16.3 Å². The molecule has 1 aromatic carbocycles. The van der Waals surface area contributed by atoms with E-state index in [2.05, 4.69) is 10.3 Å². The molecule has 0 radical (unpaired) electrons. The average Bonchev–Trinajstić information content (AvgIpc) is 2.54. The molecule has 2 rings (SSSR count). The monoisotopic (exact) mass is 385 g/mol. The summed E-state index contributed by atoms with van der Waals surface area (Å²) in [6.07, 6.45) is -3.01. The second-order valence-electron chi connectivity index (χ2n) is 4.72. The largest absolute Gasteiger partial charge is 0.417 e. The van der Waals surface area contributed by atoms with E-state index in [-0.39, 0.29) is 16.3 Å². The fourth-order valence-corrected chi connectivity index (χ4v) is 2.07. The van der Waals surface area contributed by atoms with E-state index in [1.54, 1.807) is 18.2 Å². The Bertz CT molecular complexity index is 872. The van der Waals surface area contributed by atoms with Crippen molar-refractivity contribution in [3.05, 3.63) is 63.4 Å². The lowest BCUT2D eigenvalue weighted by molar-refractivity contribution is -0.137. The van der Waals surface area contributed by atoms with Gasteiger partial charge in [0.15, 0.2) is 0 Å². The van der Waals surface area contributed by atoms with Crippen LogP contribution in [0.4, 0.5) is 18.9 Å². The first kappa shape index (κ1) is 18.8. The predicted octanol–water partition coefficient (Wildman–Crippen LogP) is 4.95. The molecule has 25 heavy (non-hydrogen) atoms. The molecule has 0 atom stereocenters. The molecule has 128 valence electrons. The number of amides is 1. The van der Waals surface area contributed by atoms with Gasteiger partial charge in [0.25, 0.3) is 5.91 Å². The molecule has 1 heterocycles. The Kier molecular flexibility index (Phi) is 5.67. The van der Waals surface area contributed by atoms with E-state index in [1.165, 1.54) is 12.1 Å². The summed E-state index contributed by atoms with van der Waals surface area (Å²) < 4.78 is 37.8. The number of hydrogen-bond acceptors (Lipinski definition) is 3. The highest BCUT2D eigenvalue weighted by molar-refractivity contribution is 6.32. The number of halogens is 5. The van der Waals surface area contributed by atoms with Gasteiger partial charge in [0.1, 0.15) is 11.6 Å². The van der Waals surface area contributed by atoms with Gasteiger partial charge in [0.2, 0.25) is 0 Å². The molecule has 0 saturated heterocycles. The van der Waals surface area contributed by atoms with Gasteiger partial charge in [-0.2, -0.15) is 18.4 Å². The van der Waals surface area contributed by atoms with Gasteiger partial charge < -0.3 is 5.32 Å². The molecule has 0 aliphatic heterocycles. The third-order valence-electron chi connectivity index (χ3n) is 2.95. The minimum atomic E-state index is -4.59. The Morgan fingerprint density at radius 2 is 1.88 bits per heavy atom. The van der Waals surface area contributed by atoms with Gasteiger partial charge in [0, 0.05) is 16.9 Å². The van der Waals surface area contributed by atoms with Crippen LogP contribution in [-0.4, -0.2) is 10.9 Å². The summed E-state index contributed by atoms with van der Waals surface area (Å²) in [4.78, 5) is 15.6. The first-order chi connectivity index (χ1) is 11.7. The molecule has 0 bridgehead atoms. The number of aromatic nitrogens is 1. The van der Waals surface area contributed by atoms with Crippen molar-refractivity contribution in [1.29, 1.82) is 5.26 Å². The number of carbonyl (C=O) groups is 1. The number of nitriles is 1. The van der Waals surface area contributed by atoms with Gasteiger partial charge in [-0.15, -0.1) is 0 Å². The first-order valence-electron chi connectivity index (χ1n) is 6.62. The van der Waals surface area contributed by atoms with Crippen LogP contribution in [-0.2, 0) is 11.0 Å². The molecule has 1 aromatic heterocycles. The van der Waals surface area contributed by atoms with E-state index in [0.717, 1.165) is 6.08 Å². The normalized spacial score (nSPS) is 11.8. The standard InChI is InChI=1S/C16H8Cl2F3N3O/c17-11-1-3-12(4-2-11)24-15(25)9(7-22)5-14-13(18)6-10(8-23-14)16(19,20)21/h1-6,8H,(H,24,25). The molecule has 0 aliphatic rings. The van der Waals surface area contributed by atoms with Crippen molar-refractivity contribution in [3.8, 4) is 6.07 Å². The molecule has 4 nitrogen and oxygen atoms in total. The average molecular weight is 386 g/mol. The molecule has 0 spiro atoms. The van der Waals surface area contributed by atoms with Crippen LogP contribution in [0.1, 0.15) is 11.3 Å². The van der Waals surface area contributed by atoms with Crippen molar-refractivity contribution < 1.29 is 18.0 Å². The molecule has 0 fully saturated rings. The third kappa shape index (κ3) is 4.95. The van der Waals surface area contributed by atoms with E-state index < -0.39 is 17.6 Å². The molecule has 2 aromatic rings. The highest BCUT2D eigenvalue weighted by atomic mass is 35.5. The highest BCUT2D eigenvalue weighted by Crippen LogP contribution is 2.31. The van der Waals surface area contributed by atoms with Crippen LogP contribution in [0.3, 0.4) is 0 Å². The number of benzene rings is 1. The molecule has 0 saturated carbocycles. The van der Waals surface area contributed by atoms with E-state index in [1.807, 2.05) is 0 Å². The zero-order valence-corrected chi connectivity index (χ0v) is 13.7. The van der Waals surface area contributed by atoms with Gasteiger partial charge in [-0.25, -0.2) is 0 Å². The molecule has 9 heteroatoms. The number of rotatable bonds is 3. The van der Waals surface area contributed by atoms with Crippen LogP contribution >= 0.6 is 23.2 Å². The molecule has 1 amide bonds. The van der Waals surface area contributed by atoms with E-state index in [0.29, 0.717) is 23.0 Å². The van der Waals surface area contributed by atoms with Crippen LogP contribution in [0, 0.1) is 11.3 Å². The Labute approximate surface area is 150 Å². The smallest absolute Gasteiger partial charge is 0.321 e. The number of pyridine rings is 1. The van der Waals surface area contributed by atoms with Crippen LogP contribution in [0.5, 0.6) is 0 Å². The van der Waals surface area contributed by atoms with E-state index in [9.17, 15) is 18.0 Å². The Morgan fingerprint density at radius 3 is 2.40 bits per heavy atom. The summed E-state index contributed by atoms with van der Waals surface area (Å²) in [6, 6.07) is 8.47. The summed E-state index contributed by atoms with van der Waals surface area (Å²) in [7, 11) is 0. The van der Waals surface area contributed by atoms with E-state index in [4.69, 9.17) is 28.5 Å². The lowest BCUT2D eigenvalue weighted by Crippen LogP contribution is -2.13. The Morgan fingerprint density at radius 1 is 1.24 bits per heavy atom. The molecule has 0 aliphatic carbocycles. The first-order valence-corrected chi connectivity index (χ1v) is 7.38. The maximum Gasteiger partial charge on any atom is 0.417 e. The number of alkyl halides is 3. The van der Waals surface area contributed by atoms with Crippen LogP contribution < -0.4 is 5.32 Å². The summed E-state index contributed by atoms with van der Waals surface area (Å²) in [6.45, 7) is 0. The molecular weight excluding hydrogens is 378 g/mol. The van der Waals surface area contributed by atoms with Crippen LogP contribution in [0.15, 0.2) is 42.1 Å². The quantitative estimate of drug-likeness (QED) is 0.600. The summed E-state index contributed by atoms with van der Waals surface area (Å²) in [5.74, 6) is -0.761. The fraction of sp³-hybridized carbons (Fsp3) is 0.0625. The minimum absolute atomic E-state index is 0.127. The number of anilines is 1. The maximum absolute atomic E-state index is 12.6. The van der Waals surface area contributed by atoms with Gasteiger partial charge in [-0.1, -0.05) is 23.2 Å². The molecular formula is C16H8Cl2F3N3O. The minimum Gasteiger partial charge on any atom is -0.321 e. The zero-order chi connectivity index (χ0) is 18.6. The SMILES string of the molecule is N#CC(=Cc1ncc(C(F)(F)F)cc1Cl)C(=O)Nc1ccc(Cl)cc1. The van der Waals surface area contributed by atoms with Crippen molar-refractivity contribution in [2.75, 3.05) is 5.32 Å². The lowest BCUT2D eigenvalue weighted by atomic mass is 10.2. The van der Waals surface area contributed by atoms with Crippen molar-refractivity contribution >= 4 is 40.9 Å². The van der Waals surface area contributed by atoms with E-state index >= 15 is 0 Å². The topological polar surface area (TPSA) is 65.8 Å². The number of nitrogens with one attached hydrogen (secondary N) is 1. The third-order valence-corrected chi connectivity index (χ3v) is 3.50. The number of nitrogens with zero attached hydrogens (tertiary/aromatic N) is 2. The second-order valence-corrected chi connectivity index (χ2v) is 5.56. The van der Waals surface area contributed by atoms with Crippen molar-refractivity contribution in [2.24, 2.45) is 0 Å². The Hall–Kier alpha value is -2.56. The summed E-state index contributed by atoms with van der Waals surface area (Å²) in [5, 5.41) is 11.7. The molecule has 0 unspecified atom stereocenters. The molecule has 1 N–H and O–H groups in total. The second kappa shape index (κ2) is 7.55. The summed E-state index contributed by atoms with van der Waals surface area (Å²) in [5.41, 5.74) is -1.14. The highest BCUT2D eigenvalue weighted by Gasteiger charge is 2.31. The number of hydrogen-bond donors (Lipinski definition) is 1. The predicted molar refractivity (Wildman–Crippen MR) is 87.9 cm³/mol. The van der Waals surface area contributed by atoms with Crippen LogP contribution in [0.2, 0.25) is 10.0 Å². The van der Waals surface area contributed by atoms with Gasteiger partial charge in [-0.05, 0) is 36.4 Å². The number of carbonyl (C=O) groups excluding carboxylic acids is 1. The maximum atomic E-state index is 12.6. The zero-order valence-electron chi connectivity index (χ0n) is 12.2. The van der Waals surface area contributed by atoms with Crippen molar-refractivity contribution in [3.63, 3.8) is 0 Å². The lowest BCUT2D eigenvalue weighted by Gasteiger charge is -2.08. The Balaban J connectivity index is 2.26.